The number of furan rings is 1. The van der Waals surface area contributed by atoms with E-state index >= 15 is 0 Å². The van der Waals surface area contributed by atoms with E-state index in [1.54, 1.807) is 31.2 Å². The molecule has 0 saturated heterocycles. The van der Waals surface area contributed by atoms with Crippen LogP contribution in [0.2, 0.25) is 5.02 Å². The van der Waals surface area contributed by atoms with Gasteiger partial charge in [0.1, 0.15) is 5.76 Å². The minimum Gasteiger partial charge on any atom is -0.456 e. The Kier molecular flexibility index (Phi) is 3.35. The number of benzene rings is 1. The van der Waals surface area contributed by atoms with Crippen LogP contribution in [0, 0.1) is 18.3 Å². The van der Waals surface area contributed by atoms with Crippen molar-refractivity contribution in [2.75, 3.05) is 5.32 Å². The molecule has 0 bridgehead atoms. The Labute approximate surface area is 109 Å². The lowest BCUT2D eigenvalue weighted by Crippen LogP contribution is -2.11. The lowest BCUT2D eigenvalue weighted by molar-refractivity contribution is 0.0995. The third-order valence-electron chi connectivity index (χ3n) is 2.31. The molecule has 0 atom stereocenters. The van der Waals surface area contributed by atoms with Crippen LogP contribution in [0.4, 0.5) is 5.69 Å². The van der Waals surface area contributed by atoms with Gasteiger partial charge < -0.3 is 9.73 Å². The number of nitrogens with one attached hydrogen (secondary N) is 1. The van der Waals surface area contributed by atoms with E-state index in [1.165, 1.54) is 6.07 Å². The summed E-state index contributed by atoms with van der Waals surface area (Å²) in [5, 5.41) is 11.7. The monoisotopic (exact) mass is 260 g/mol. The Morgan fingerprint density at radius 3 is 2.78 bits per heavy atom. The van der Waals surface area contributed by atoms with E-state index in [0.29, 0.717) is 22.0 Å². The smallest absolute Gasteiger partial charge is 0.291 e. The van der Waals surface area contributed by atoms with Crippen molar-refractivity contribution in [3.05, 3.63) is 52.4 Å². The Morgan fingerprint density at radius 2 is 2.17 bits per heavy atom. The van der Waals surface area contributed by atoms with Crippen molar-refractivity contribution >= 4 is 23.2 Å². The number of halogens is 1. The number of anilines is 1. The van der Waals surface area contributed by atoms with Gasteiger partial charge in [-0.1, -0.05) is 11.6 Å². The molecule has 0 fully saturated rings. The first-order chi connectivity index (χ1) is 8.60. The highest BCUT2D eigenvalue weighted by atomic mass is 35.5. The van der Waals surface area contributed by atoms with E-state index < -0.39 is 5.91 Å². The van der Waals surface area contributed by atoms with Gasteiger partial charge in [0.25, 0.3) is 5.91 Å². The first kappa shape index (κ1) is 12.2. The van der Waals surface area contributed by atoms with Gasteiger partial charge in [0.15, 0.2) is 5.76 Å². The molecule has 0 spiro atoms. The summed E-state index contributed by atoms with van der Waals surface area (Å²) in [6.45, 7) is 1.75. The quantitative estimate of drug-likeness (QED) is 0.900. The summed E-state index contributed by atoms with van der Waals surface area (Å²) in [6, 6.07) is 9.90. The molecule has 18 heavy (non-hydrogen) atoms. The van der Waals surface area contributed by atoms with Crippen LogP contribution in [0.5, 0.6) is 0 Å². The SMILES string of the molecule is Cc1ccc(C(=O)Nc2cc(C#N)ccc2Cl)o1. The van der Waals surface area contributed by atoms with Crippen molar-refractivity contribution in [2.45, 2.75) is 6.92 Å². The number of carbonyl (C=O) groups is 1. The molecule has 2 aromatic rings. The van der Waals surface area contributed by atoms with Crippen molar-refractivity contribution in [1.29, 1.82) is 5.26 Å². The van der Waals surface area contributed by atoms with Crippen LogP contribution in [0.25, 0.3) is 0 Å². The van der Waals surface area contributed by atoms with Crippen LogP contribution < -0.4 is 5.32 Å². The largest absolute Gasteiger partial charge is 0.456 e. The van der Waals surface area contributed by atoms with Gasteiger partial charge in [-0.25, -0.2) is 0 Å². The summed E-state index contributed by atoms with van der Waals surface area (Å²) in [4.78, 5) is 11.8. The molecule has 1 aromatic heterocycles. The van der Waals surface area contributed by atoms with Gasteiger partial charge in [-0.2, -0.15) is 5.26 Å². The highest BCUT2D eigenvalue weighted by molar-refractivity contribution is 6.33. The zero-order valence-electron chi connectivity index (χ0n) is 9.53. The van der Waals surface area contributed by atoms with Crippen molar-refractivity contribution in [3.63, 3.8) is 0 Å². The number of hydrogen-bond acceptors (Lipinski definition) is 3. The van der Waals surface area contributed by atoms with Crippen LogP contribution in [0.3, 0.4) is 0 Å². The van der Waals surface area contributed by atoms with Gasteiger partial charge in [0.05, 0.1) is 22.3 Å². The van der Waals surface area contributed by atoms with Gasteiger partial charge in [0.2, 0.25) is 0 Å². The second kappa shape index (κ2) is 4.94. The zero-order valence-corrected chi connectivity index (χ0v) is 10.3. The van der Waals surface area contributed by atoms with E-state index in [4.69, 9.17) is 21.3 Å². The average molecular weight is 261 g/mol. The number of aryl methyl sites for hydroxylation is 1. The molecule has 1 amide bonds. The number of nitrogens with zero attached hydrogens (tertiary/aromatic N) is 1. The molecule has 90 valence electrons. The number of hydrogen-bond donors (Lipinski definition) is 1. The highest BCUT2D eigenvalue weighted by Crippen LogP contribution is 2.23. The molecule has 1 heterocycles. The summed E-state index contributed by atoms with van der Waals surface area (Å²) in [7, 11) is 0. The second-order valence-electron chi connectivity index (χ2n) is 3.67. The van der Waals surface area contributed by atoms with E-state index in [-0.39, 0.29) is 5.76 Å². The summed E-state index contributed by atoms with van der Waals surface area (Å²) >= 11 is 5.94. The van der Waals surface area contributed by atoms with Gasteiger partial charge in [-0.3, -0.25) is 4.79 Å². The van der Waals surface area contributed by atoms with Crippen LogP contribution >= 0.6 is 11.6 Å². The van der Waals surface area contributed by atoms with Gasteiger partial charge in [-0.15, -0.1) is 0 Å². The molecule has 5 heteroatoms. The fourth-order valence-electron chi connectivity index (χ4n) is 1.43. The number of nitriles is 1. The van der Waals surface area contributed by atoms with E-state index in [2.05, 4.69) is 5.32 Å². The molecule has 2 rings (SSSR count). The fourth-order valence-corrected chi connectivity index (χ4v) is 1.60. The van der Waals surface area contributed by atoms with E-state index in [9.17, 15) is 4.79 Å². The predicted octanol–water partition coefficient (Wildman–Crippen LogP) is 3.37. The maximum Gasteiger partial charge on any atom is 0.291 e. The molecule has 0 unspecified atom stereocenters. The minimum absolute atomic E-state index is 0.200. The highest BCUT2D eigenvalue weighted by Gasteiger charge is 2.12. The Balaban J connectivity index is 2.24. The van der Waals surface area contributed by atoms with Crippen LogP contribution in [-0.4, -0.2) is 5.91 Å². The van der Waals surface area contributed by atoms with Gasteiger partial charge in [-0.05, 0) is 37.3 Å². The molecule has 1 aromatic carbocycles. The molecular weight excluding hydrogens is 252 g/mol. The van der Waals surface area contributed by atoms with Crippen molar-refractivity contribution in [1.82, 2.24) is 0 Å². The maximum absolute atomic E-state index is 11.8. The molecule has 0 aliphatic heterocycles. The molecule has 1 N–H and O–H groups in total. The van der Waals surface area contributed by atoms with Crippen molar-refractivity contribution < 1.29 is 9.21 Å². The first-order valence-corrected chi connectivity index (χ1v) is 5.55. The van der Waals surface area contributed by atoms with Gasteiger partial charge >= 0.3 is 0 Å². The third kappa shape index (κ3) is 2.53. The molecular formula is C13H9ClN2O2. The molecule has 0 aliphatic rings. The summed E-state index contributed by atoms with van der Waals surface area (Å²) in [5.74, 6) is 0.447. The third-order valence-corrected chi connectivity index (χ3v) is 2.64. The topological polar surface area (TPSA) is 66.0 Å². The van der Waals surface area contributed by atoms with E-state index in [0.717, 1.165) is 0 Å². The van der Waals surface area contributed by atoms with Crippen LogP contribution in [0.15, 0.2) is 34.7 Å². The Hall–Kier alpha value is -2.25. The molecule has 0 saturated carbocycles. The van der Waals surface area contributed by atoms with Gasteiger partial charge in [0, 0.05) is 0 Å². The molecule has 4 nitrogen and oxygen atoms in total. The van der Waals surface area contributed by atoms with Crippen LogP contribution in [0.1, 0.15) is 21.9 Å². The van der Waals surface area contributed by atoms with Crippen LogP contribution in [-0.2, 0) is 0 Å². The van der Waals surface area contributed by atoms with E-state index in [1.807, 2.05) is 6.07 Å². The van der Waals surface area contributed by atoms with Crippen molar-refractivity contribution in [2.24, 2.45) is 0 Å². The zero-order chi connectivity index (χ0) is 13.1. The normalized spacial score (nSPS) is 9.83. The standard InChI is InChI=1S/C13H9ClN2O2/c1-8-2-5-12(18-8)13(17)16-11-6-9(7-15)3-4-10(11)14/h2-6H,1H3,(H,16,17). The lowest BCUT2D eigenvalue weighted by atomic mass is 10.2. The Morgan fingerprint density at radius 1 is 1.39 bits per heavy atom. The summed E-state index contributed by atoms with van der Waals surface area (Å²) in [6.07, 6.45) is 0. The predicted molar refractivity (Wildman–Crippen MR) is 67.6 cm³/mol. The number of rotatable bonds is 2. The minimum atomic E-state index is -0.403. The van der Waals surface area contributed by atoms with Crippen molar-refractivity contribution in [3.8, 4) is 6.07 Å². The molecule has 0 aliphatic carbocycles. The number of carbonyl (C=O) groups excluding carboxylic acids is 1. The first-order valence-electron chi connectivity index (χ1n) is 5.17. The number of amides is 1. The summed E-state index contributed by atoms with van der Waals surface area (Å²) in [5.41, 5.74) is 0.806. The Bertz CT molecular complexity index is 641. The maximum atomic E-state index is 11.8. The molecule has 0 radical (unpaired) electrons. The average Bonchev–Trinajstić information content (AvgIpc) is 2.79. The fraction of sp³-hybridized carbons (Fsp3) is 0.0769. The second-order valence-corrected chi connectivity index (χ2v) is 4.08. The lowest BCUT2D eigenvalue weighted by Gasteiger charge is -2.05. The summed E-state index contributed by atoms with van der Waals surface area (Å²) < 4.78 is 5.19.